The molecule has 0 unspecified atom stereocenters. The largest absolute Gasteiger partial charge is 0.396 e. The average molecular weight is 278 g/mol. The molecular weight excluding hydrogens is 256 g/mol. The lowest BCUT2D eigenvalue weighted by Gasteiger charge is -2.16. The number of benzene rings is 1. The molecule has 0 aliphatic heterocycles. The zero-order valence-electron chi connectivity index (χ0n) is 11.8. The van der Waals surface area contributed by atoms with Crippen LogP contribution in [0.3, 0.4) is 0 Å². The molecule has 1 aromatic carbocycles. The molecule has 1 aromatic rings. The van der Waals surface area contributed by atoms with Crippen molar-refractivity contribution in [3.63, 3.8) is 0 Å². The van der Waals surface area contributed by atoms with Crippen LogP contribution in [0.4, 0.5) is 0 Å². The Morgan fingerprint density at radius 3 is 2.50 bits per heavy atom. The highest BCUT2D eigenvalue weighted by Crippen LogP contribution is 2.02. The third-order valence-corrected chi connectivity index (χ3v) is 2.91. The van der Waals surface area contributed by atoms with E-state index < -0.39 is 0 Å². The first-order valence-electron chi connectivity index (χ1n) is 6.83. The molecule has 0 bridgehead atoms. The number of likely N-dealkylation sites (N-methyl/N-ethyl adjacent to an activating group) is 1. The van der Waals surface area contributed by atoms with Crippen molar-refractivity contribution in [1.82, 2.24) is 10.2 Å². The van der Waals surface area contributed by atoms with E-state index in [-0.39, 0.29) is 25.0 Å². The van der Waals surface area contributed by atoms with Gasteiger partial charge in [0.1, 0.15) is 0 Å². The van der Waals surface area contributed by atoms with E-state index in [1.807, 2.05) is 6.07 Å². The molecular formula is C15H22N2O3. The number of amides is 2. The lowest BCUT2D eigenvalue weighted by atomic mass is 10.2. The van der Waals surface area contributed by atoms with Crippen LogP contribution in [0.1, 0.15) is 29.6 Å². The van der Waals surface area contributed by atoms with Gasteiger partial charge in [-0.3, -0.25) is 9.59 Å². The highest BCUT2D eigenvalue weighted by Gasteiger charge is 2.13. The molecule has 0 aliphatic rings. The van der Waals surface area contributed by atoms with E-state index in [9.17, 15) is 9.59 Å². The highest BCUT2D eigenvalue weighted by atomic mass is 16.3. The number of aliphatic hydroxyl groups is 1. The highest BCUT2D eigenvalue weighted by molar-refractivity contribution is 5.96. The number of hydrogen-bond donors (Lipinski definition) is 2. The van der Waals surface area contributed by atoms with Gasteiger partial charge in [0.05, 0.1) is 6.54 Å². The molecule has 0 radical (unpaired) electrons. The van der Waals surface area contributed by atoms with Crippen molar-refractivity contribution >= 4 is 11.8 Å². The van der Waals surface area contributed by atoms with Gasteiger partial charge in [0.2, 0.25) is 5.91 Å². The van der Waals surface area contributed by atoms with Gasteiger partial charge >= 0.3 is 0 Å². The topological polar surface area (TPSA) is 69.6 Å². The van der Waals surface area contributed by atoms with E-state index >= 15 is 0 Å². The minimum atomic E-state index is -0.166. The predicted octanol–water partition coefficient (Wildman–Crippen LogP) is 1.04. The summed E-state index contributed by atoms with van der Waals surface area (Å²) in [6.07, 6.45) is 2.47. The van der Waals surface area contributed by atoms with Crippen molar-refractivity contribution < 1.29 is 14.7 Å². The van der Waals surface area contributed by atoms with Gasteiger partial charge in [-0.25, -0.2) is 0 Å². The third kappa shape index (κ3) is 5.84. The minimum absolute atomic E-state index is 0.0493. The standard InChI is InChI=1S/C15H22N2O3/c1-17(15(20)13-8-4-2-5-9-13)12-14(19)16-10-6-3-7-11-18/h2,4-5,8-9,18H,3,6-7,10-12H2,1H3,(H,16,19). The fraction of sp³-hybridized carbons (Fsp3) is 0.467. The first-order valence-corrected chi connectivity index (χ1v) is 6.83. The lowest BCUT2D eigenvalue weighted by Crippen LogP contribution is -2.38. The van der Waals surface area contributed by atoms with E-state index in [0.29, 0.717) is 12.1 Å². The summed E-state index contributed by atoms with van der Waals surface area (Å²) < 4.78 is 0. The van der Waals surface area contributed by atoms with Crippen molar-refractivity contribution in [3.05, 3.63) is 35.9 Å². The normalized spacial score (nSPS) is 10.1. The third-order valence-electron chi connectivity index (χ3n) is 2.91. The van der Waals surface area contributed by atoms with Crippen molar-refractivity contribution in [1.29, 1.82) is 0 Å². The minimum Gasteiger partial charge on any atom is -0.396 e. The Morgan fingerprint density at radius 2 is 1.85 bits per heavy atom. The van der Waals surface area contributed by atoms with Crippen LogP contribution in [-0.4, -0.2) is 48.6 Å². The van der Waals surface area contributed by atoms with Gasteiger partial charge in [0.25, 0.3) is 5.91 Å². The monoisotopic (exact) mass is 278 g/mol. The fourth-order valence-corrected chi connectivity index (χ4v) is 1.79. The van der Waals surface area contributed by atoms with Crippen LogP contribution in [0, 0.1) is 0 Å². The second kappa shape index (κ2) is 9.09. The van der Waals surface area contributed by atoms with Crippen molar-refractivity contribution in [2.75, 3.05) is 26.7 Å². The van der Waals surface area contributed by atoms with Gasteiger partial charge < -0.3 is 15.3 Å². The summed E-state index contributed by atoms with van der Waals surface area (Å²) in [6.45, 7) is 0.808. The Morgan fingerprint density at radius 1 is 1.15 bits per heavy atom. The molecule has 5 nitrogen and oxygen atoms in total. The summed E-state index contributed by atoms with van der Waals surface area (Å²) in [5.74, 6) is -0.332. The van der Waals surface area contributed by atoms with Crippen molar-refractivity contribution in [3.8, 4) is 0 Å². The van der Waals surface area contributed by atoms with E-state index in [4.69, 9.17) is 5.11 Å². The number of unbranched alkanes of at least 4 members (excludes halogenated alkanes) is 2. The van der Waals surface area contributed by atoms with Crippen LogP contribution in [-0.2, 0) is 4.79 Å². The number of hydrogen-bond acceptors (Lipinski definition) is 3. The van der Waals surface area contributed by atoms with Crippen molar-refractivity contribution in [2.45, 2.75) is 19.3 Å². The number of nitrogens with zero attached hydrogens (tertiary/aromatic N) is 1. The van der Waals surface area contributed by atoms with Crippen LogP contribution in [0.15, 0.2) is 30.3 Å². The van der Waals surface area contributed by atoms with E-state index in [1.165, 1.54) is 4.90 Å². The number of carbonyl (C=O) groups excluding carboxylic acids is 2. The SMILES string of the molecule is CN(CC(=O)NCCCCCO)C(=O)c1ccccc1. The predicted molar refractivity (Wildman–Crippen MR) is 77.3 cm³/mol. The molecule has 2 N–H and O–H groups in total. The Hall–Kier alpha value is -1.88. The van der Waals surface area contributed by atoms with Gasteiger partial charge in [-0.05, 0) is 31.4 Å². The molecule has 20 heavy (non-hydrogen) atoms. The van der Waals surface area contributed by atoms with E-state index in [1.54, 1.807) is 31.3 Å². The smallest absolute Gasteiger partial charge is 0.254 e. The molecule has 5 heteroatoms. The second-order valence-corrected chi connectivity index (χ2v) is 4.66. The molecule has 2 amide bonds. The van der Waals surface area contributed by atoms with Crippen LogP contribution in [0.25, 0.3) is 0 Å². The van der Waals surface area contributed by atoms with Crippen LogP contribution in [0.2, 0.25) is 0 Å². The van der Waals surface area contributed by atoms with Gasteiger partial charge in [-0.15, -0.1) is 0 Å². The summed E-state index contributed by atoms with van der Waals surface area (Å²) in [5.41, 5.74) is 0.575. The second-order valence-electron chi connectivity index (χ2n) is 4.66. The summed E-state index contributed by atoms with van der Waals surface area (Å²) in [4.78, 5) is 25.1. The molecule has 0 fully saturated rings. The molecule has 0 heterocycles. The Balaban J connectivity index is 2.29. The van der Waals surface area contributed by atoms with Gasteiger partial charge in [0.15, 0.2) is 0 Å². The zero-order chi connectivity index (χ0) is 14.8. The Labute approximate surface area is 119 Å². The van der Waals surface area contributed by atoms with Gasteiger partial charge in [-0.1, -0.05) is 18.2 Å². The number of aliphatic hydroxyl groups excluding tert-OH is 1. The Bertz CT molecular complexity index is 420. The van der Waals surface area contributed by atoms with Crippen LogP contribution < -0.4 is 5.32 Å². The number of carbonyl (C=O) groups is 2. The fourth-order valence-electron chi connectivity index (χ4n) is 1.79. The maximum absolute atomic E-state index is 12.0. The summed E-state index contributed by atoms with van der Waals surface area (Å²) in [6, 6.07) is 8.89. The molecule has 0 saturated heterocycles. The molecule has 0 aliphatic carbocycles. The summed E-state index contributed by atoms with van der Waals surface area (Å²) in [5, 5.41) is 11.4. The first-order chi connectivity index (χ1) is 9.65. The van der Waals surface area contributed by atoms with Crippen LogP contribution in [0.5, 0.6) is 0 Å². The molecule has 0 saturated carbocycles. The van der Waals surface area contributed by atoms with Gasteiger partial charge in [0, 0.05) is 25.8 Å². The maximum Gasteiger partial charge on any atom is 0.254 e. The van der Waals surface area contributed by atoms with Crippen molar-refractivity contribution in [2.24, 2.45) is 0 Å². The first kappa shape index (κ1) is 16.2. The zero-order valence-corrected chi connectivity index (χ0v) is 11.8. The van der Waals surface area contributed by atoms with E-state index in [0.717, 1.165) is 19.3 Å². The van der Waals surface area contributed by atoms with E-state index in [2.05, 4.69) is 5.32 Å². The van der Waals surface area contributed by atoms with Crippen LogP contribution >= 0.6 is 0 Å². The maximum atomic E-state index is 12.0. The number of nitrogens with one attached hydrogen (secondary N) is 1. The molecule has 0 spiro atoms. The molecule has 0 atom stereocenters. The Kier molecular flexibility index (Phi) is 7.35. The summed E-state index contributed by atoms with van der Waals surface area (Å²) >= 11 is 0. The number of rotatable bonds is 8. The molecule has 0 aromatic heterocycles. The average Bonchev–Trinajstić information content (AvgIpc) is 2.47. The summed E-state index contributed by atoms with van der Waals surface area (Å²) in [7, 11) is 1.61. The quantitative estimate of drug-likeness (QED) is 0.698. The van der Waals surface area contributed by atoms with Gasteiger partial charge in [-0.2, -0.15) is 0 Å². The molecule has 110 valence electrons. The lowest BCUT2D eigenvalue weighted by molar-refractivity contribution is -0.121. The molecule has 1 rings (SSSR count).